The molecule has 0 radical (unpaired) electrons. The molecule has 0 bridgehead atoms. The maximum atomic E-state index is 14.6. The molecule has 6 nitrogen and oxygen atoms in total. The highest BCUT2D eigenvalue weighted by molar-refractivity contribution is 7.93. The van der Waals surface area contributed by atoms with Crippen LogP contribution in [0.15, 0.2) is 60.0 Å². The normalized spacial score (nSPS) is 14.3. The standard InChI is InChI=1S/C20H17F2N3O3S2/c21-20(22,17-12-29-19(24-17)25-30(27,28)16-10-11-16)18(26)23-15-8-6-14(7-9-15)13-4-2-1-3-5-13/h1-9,12,16H,10-11H2,(H,23,26)(H,24,25). The Morgan fingerprint density at radius 1 is 1.03 bits per heavy atom. The lowest BCUT2D eigenvalue weighted by Gasteiger charge is -2.14. The first kappa shape index (κ1) is 20.4. The number of nitrogens with one attached hydrogen (secondary N) is 2. The fourth-order valence-corrected chi connectivity index (χ4v) is 5.08. The van der Waals surface area contributed by atoms with E-state index in [1.165, 1.54) is 12.1 Å². The van der Waals surface area contributed by atoms with Crippen molar-refractivity contribution < 1.29 is 22.0 Å². The van der Waals surface area contributed by atoms with Crippen LogP contribution in [0.4, 0.5) is 19.6 Å². The van der Waals surface area contributed by atoms with Gasteiger partial charge in [0.25, 0.3) is 0 Å². The molecule has 1 heterocycles. The molecule has 1 fully saturated rings. The Morgan fingerprint density at radius 3 is 2.30 bits per heavy atom. The van der Waals surface area contributed by atoms with Crippen molar-refractivity contribution in [2.24, 2.45) is 0 Å². The second-order valence-corrected chi connectivity index (χ2v) is 9.68. The van der Waals surface area contributed by atoms with E-state index >= 15 is 0 Å². The van der Waals surface area contributed by atoms with Crippen molar-refractivity contribution in [2.75, 3.05) is 10.0 Å². The molecule has 1 amide bonds. The number of anilines is 2. The second-order valence-electron chi connectivity index (χ2n) is 6.86. The summed E-state index contributed by atoms with van der Waals surface area (Å²) in [5.41, 5.74) is 1.25. The SMILES string of the molecule is O=C(Nc1ccc(-c2ccccc2)cc1)C(F)(F)c1csc(NS(=O)(=O)C2CC2)n1. The van der Waals surface area contributed by atoms with Gasteiger partial charge in [0.15, 0.2) is 5.13 Å². The number of carbonyl (C=O) groups is 1. The molecule has 1 aromatic heterocycles. The molecule has 0 spiro atoms. The molecule has 0 aliphatic heterocycles. The fraction of sp³-hybridized carbons (Fsp3) is 0.200. The summed E-state index contributed by atoms with van der Waals surface area (Å²) in [5, 5.41) is 2.47. The topological polar surface area (TPSA) is 88.2 Å². The minimum Gasteiger partial charge on any atom is -0.320 e. The van der Waals surface area contributed by atoms with Crippen LogP contribution in [-0.4, -0.2) is 24.6 Å². The summed E-state index contributed by atoms with van der Waals surface area (Å²) in [4.78, 5) is 15.8. The van der Waals surface area contributed by atoms with Gasteiger partial charge in [0, 0.05) is 11.1 Å². The quantitative estimate of drug-likeness (QED) is 0.558. The van der Waals surface area contributed by atoms with E-state index < -0.39 is 32.8 Å². The van der Waals surface area contributed by atoms with Crippen LogP contribution in [0.5, 0.6) is 0 Å². The monoisotopic (exact) mass is 449 g/mol. The molecule has 156 valence electrons. The molecule has 2 N–H and O–H groups in total. The molecular weight excluding hydrogens is 432 g/mol. The number of halogens is 2. The van der Waals surface area contributed by atoms with Crippen molar-refractivity contribution in [3.63, 3.8) is 0 Å². The van der Waals surface area contributed by atoms with Crippen LogP contribution in [0.3, 0.4) is 0 Å². The van der Waals surface area contributed by atoms with Crippen LogP contribution in [-0.2, 0) is 20.7 Å². The number of hydrogen-bond acceptors (Lipinski definition) is 5. The zero-order chi connectivity index (χ0) is 21.4. The minimum atomic E-state index is -3.92. The largest absolute Gasteiger partial charge is 0.367 e. The summed E-state index contributed by atoms with van der Waals surface area (Å²) in [6.07, 6.45) is 1.07. The average molecular weight is 450 g/mol. The third-order valence-corrected chi connectivity index (χ3v) is 7.27. The van der Waals surface area contributed by atoms with Crippen LogP contribution in [0.2, 0.25) is 0 Å². The van der Waals surface area contributed by atoms with Gasteiger partial charge in [0.1, 0.15) is 5.69 Å². The van der Waals surface area contributed by atoms with Crippen molar-refractivity contribution in [3.8, 4) is 11.1 Å². The number of aromatic nitrogens is 1. The molecule has 1 saturated carbocycles. The molecule has 0 atom stereocenters. The van der Waals surface area contributed by atoms with E-state index in [4.69, 9.17) is 0 Å². The highest BCUT2D eigenvalue weighted by atomic mass is 32.2. The second kappa shape index (κ2) is 7.77. The molecule has 10 heteroatoms. The van der Waals surface area contributed by atoms with Gasteiger partial charge in [0.05, 0.1) is 5.25 Å². The van der Waals surface area contributed by atoms with E-state index in [1.807, 2.05) is 30.3 Å². The van der Waals surface area contributed by atoms with Gasteiger partial charge in [-0.15, -0.1) is 11.3 Å². The molecule has 1 aliphatic rings. The first-order valence-corrected chi connectivity index (χ1v) is 11.5. The zero-order valence-corrected chi connectivity index (χ0v) is 17.1. The van der Waals surface area contributed by atoms with Crippen molar-refractivity contribution >= 4 is 38.1 Å². The molecule has 2 aromatic carbocycles. The molecule has 1 aliphatic carbocycles. The lowest BCUT2D eigenvalue weighted by molar-refractivity contribution is -0.141. The third kappa shape index (κ3) is 4.34. The number of thiazole rings is 1. The Bertz CT molecular complexity index is 1160. The average Bonchev–Trinajstić information content (AvgIpc) is 3.50. The maximum Gasteiger partial charge on any atom is 0.367 e. The summed E-state index contributed by atoms with van der Waals surface area (Å²) in [6, 6.07) is 16.0. The summed E-state index contributed by atoms with van der Waals surface area (Å²) >= 11 is 0.710. The van der Waals surface area contributed by atoms with Crippen LogP contribution in [0, 0.1) is 0 Å². The van der Waals surface area contributed by atoms with Crippen molar-refractivity contribution in [3.05, 3.63) is 65.7 Å². The van der Waals surface area contributed by atoms with E-state index in [-0.39, 0.29) is 10.8 Å². The predicted octanol–water partition coefficient (Wildman–Crippen LogP) is 4.44. The summed E-state index contributed by atoms with van der Waals surface area (Å²) in [5.74, 6) is -5.46. The van der Waals surface area contributed by atoms with Gasteiger partial charge in [-0.1, -0.05) is 42.5 Å². The Hall–Kier alpha value is -2.85. The maximum absolute atomic E-state index is 14.6. The Labute approximate surface area is 176 Å². The number of benzene rings is 2. The molecule has 3 aromatic rings. The van der Waals surface area contributed by atoms with Gasteiger partial charge < -0.3 is 5.32 Å². The van der Waals surface area contributed by atoms with Gasteiger partial charge >= 0.3 is 11.8 Å². The molecule has 30 heavy (non-hydrogen) atoms. The lowest BCUT2D eigenvalue weighted by atomic mass is 10.1. The van der Waals surface area contributed by atoms with E-state index in [0.29, 0.717) is 24.2 Å². The fourth-order valence-electron chi connectivity index (χ4n) is 2.75. The summed E-state index contributed by atoms with van der Waals surface area (Å²) < 4.78 is 55.1. The van der Waals surface area contributed by atoms with Gasteiger partial charge in [-0.05, 0) is 36.1 Å². The predicted molar refractivity (Wildman–Crippen MR) is 112 cm³/mol. The number of carbonyl (C=O) groups excluding carboxylic acids is 1. The first-order chi connectivity index (χ1) is 14.3. The Kier molecular flexibility index (Phi) is 5.29. The van der Waals surface area contributed by atoms with E-state index in [1.54, 1.807) is 12.1 Å². The van der Waals surface area contributed by atoms with Crippen molar-refractivity contribution in [2.45, 2.75) is 24.0 Å². The molecule has 0 unspecified atom stereocenters. The number of amides is 1. The lowest BCUT2D eigenvalue weighted by Crippen LogP contribution is -2.32. The highest BCUT2D eigenvalue weighted by Gasteiger charge is 2.44. The van der Waals surface area contributed by atoms with Crippen LogP contribution >= 0.6 is 11.3 Å². The van der Waals surface area contributed by atoms with Crippen LogP contribution in [0.25, 0.3) is 11.1 Å². The Balaban J connectivity index is 1.45. The zero-order valence-electron chi connectivity index (χ0n) is 15.5. The third-order valence-electron chi connectivity index (χ3n) is 4.55. The number of nitrogens with zero attached hydrogens (tertiary/aromatic N) is 1. The molecule has 4 rings (SSSR count). The first-order valence-electron chi connectivity index (χ1n) is 9.08. The van der Waals surface area contributed by atoms with Gasteiger partial charge in [-0.2, -0.15) is 8.78 Å². The van der Waals surface area contributed by atoms with Crippen molar-refractivity contribution in [1.29, 1.82) is 0 Å². The number of rotatable bonds is 7. The molecule has 0 saturated heterocycles. The van der Waals surface area contributed by atoms with Crippen LogP contribution in [0.1, 0.15) is 18.5 Å². The van der Waals surface area contributed by atoms with Crippen LogP contribution < -0.4 is 10.0 Å². The van der Waals surface area contributed by atoms with Gasteiger partial charge in [-0.25, -0.2) is 13.4 Å². The van der Waals surface area contributed by atoms with E-state index in [2.05, 4.69) is 15.0 Å². The number of sulfonamides is 1. The summed E-state index contributed by atoms with van der Waals surface area (Å²) in [7, 11) is -3.62. The number of hydrogen-bond donors (Lipinski definition) is 2. The smallest absolute Gasteiger partial charge is 0.320 e. The van der Waals surface area contributed by atoms with E-state index in [0.717, 1.165) is 16.5 Å². The van der Waals surface area contributed by atoms with Gasteiger partial charge in [-0.3, -0.25) is 9.52 Å². The highest BCUT2D eigenvalue weighted by Crippen LogP contribution is 2.34. The minimum absolute atomic E-state index is 0.184. The number of alkyl halides is 2. The van der Waals surface area contributed by atoms with E-state index in [9.17, 15) is 22.0 Å². The van der Waals surface area contributed by atoms with Crippen molar-refractivity contribution in [1.82, 2.24) is 4.98 Å². The molecular formula is C20H17F2N3O3S2. The van der Waals surface area contributed by atoms with Gasteiger partial charge in [0.2, 0.25) is 10.0 Å². The summed E-state index contributed by atoms with van der Waals surface area (Å²) in [6.45, 7) is 0. The Morgan fingerprint density at radius 2 is 1.67 bits per heavy atom.